The first-order valence-corrected chi connectivity index (χ1v) is 11.1. The summed E-state index contributed by atoms with van der Waals surface area (Å²) in [4.78, 5) is 52.4. The summed E-state index contributed by atoms with van der Waals surface area (Å²) in [6, 6.07) is 12.6. The highest BCUT2D eigenvalue weighted by Crippen LogP contribution is 2.29. The van der Waals surface area contributed by atoms with Crippen LogP contribution in [0.3, 0.4) is 0 Å². The number of aliphatic carboxylic acids is 1. The molecule has 1 atom stereocenters. The molecule has 0 saturated carbocycles. The normalized spacial score (nSPS) is 15.4. The van der Waals surface area contributed by atoms with E-state index in [1.54, 1.807) is 48.5 Å². The third-order valence-electron chi connectivity index (χ3n) is 5.45. The monoisotopic (exact) mass is 468 g/mol. The first-order valence-electron chi connectivity index (χ1n) is 11.1. The standard InChI is InChI=1S/C25H28N2O7/c1-3-14-34-20-10-6-18(7-11-20)27-23(29)15-21(25(27)32)26(22(28)12-13-24(30)31)16-17-4-8-19(33-2)9-5-17/h4-11,21H,3,12-16H2,1-2H3,(H,30,31)/t21-/m0/s1. The minimum absolute atomic E-state index is 0.0593. The predicted molar refractivity (Wildman–Crippen MR) is 124 cm³/mol. The van der Waals surface area contributed by atoms with Gasteiger partial charge in [-0.05, 0) is 48.4 Å². The third kappa shape index (κ3) is 5.92. The molecule has 1 saturated heterocycles. The van der Waals surface area contributed by atoms with Gasteiger partial charge in [-0.25, -0.2) is 4.90 Å². The number of methoxy groups -OCH3 is 1. The molecule has 0 aliphatic carbocycles. The van der Waals surface area contributed by atoms with E-state index in [1.165, 1.54) is 12.0 Å². The molecule has 1 aliphatic heterocycles. The second-order valence-corrected chi connectivity index (χ2v) is 7.89. The van der Waals surface area contributed by atoms with Gasteiger partial charge in [0.25, 0.3) is 5.91 Å². The van der Waals surface area contributed by atoms with Crippen LogP contribution >= 0.6 is 0 Å². The Balaban J connectivity index is 1.83. The number of hydrogen-bond donors (Lipinski definition) is 1. The van der Waals surface area contributed by atoms with E-state index >= 15 is 0 Å². The number of benzene rings is 2. The number of rotatable bonds is 11. The summed E-state index contributed by atoms with van der Waals surface area (Å²) >= 11 is 0. The van der Waals surface area contributed by atoms with E-state index in [4.69, 9.17) is 14.6 Å². The lowest BCUT2D eigenvalue weighted by atomic mass is 10.1. The van der Waals surface area contributed by atoms with Gasteiger partial charge in [-0.15, -0.1) is 0 Å². The zero-order chi connectivity index (χ0) is 24.7. The SMILES string of the molecule is CCCOc1ccc(N2C(=O)C[C@H](N(Cc3ccc(OC)cc3)C(=O)CCC(=O)O)C2=O)cc1. The van der Waals surface area contributed by atoms with Gasteiger partial charge in [0.05, 0.1) is 32.2 Å². The van der Waals surface area contributed by atoms with E-state index in [9.17, 15) is 19.2 Å². The van der Waals surface area contributed by atoms with Gasteiger partial charge in [0.2, 0.25) is 11.8 Å². The van der Waals surface area contributed by atoms with Gasteiger partial charge in [0, 0.05) is 13.0 Å². The molecule has 2 aromatic rings. The van der Waals surface area contributed by atoms with Crippen molar-refractivity contribution in [3.63, 3.8) is 0 Å². The number of hydrogen-bond acceptors (Lipinski definition) is 6. The van der Waals surface area contributed by atoms with Crippen molar-refractivity contribution in [3.8, 4) is 11.5 Å². The molecule has 1 N–H and O–H groups in total. The highest BCUT2D eigenvalue weighted by Gasteiger charge is 2.44. The Labute approximate surface area is 197 Å². The molecule has 0 aromatic heterocycles. The lowest BCUT2D eigenvalue weighted by Crippen LogP contribution is -2.45. The molecule has 0 radical (unpaired) electrons. The van der Waals surface area contributed by atoms with Crippen molar-refractivity contribution in [2.75, 3.05) is 18.6 Å². The number of carbonyl (C=O) groups is 4. The van der Waals surface area contributed by atoms with Crippen LogP contribution in [0.15, 0.2) is 48.5 Å². The molecular weight excluding hydrogens is 440 g/mol. The predicted octanol–water partition coefficient (Wildman–Crippen LogP) is 3.01. The fraction of sp³-hybridized carbons (Fsp3) is 0.360. The van der Waals surface area contributed by atoms with Gasteiger partial charge in [-0.3, -0.25) is 19.2 Å². The second-order valence-electron chi connectivity index (χ2n) is 7.89. The van der Waals surface area contributed by atoms with Crippen molar-refractivity contribution in [2.45, 2.75) is 45.2 Å². The molecule has 3 rings (SSSR count). The van der Waals surface area contributed by atoms with Crippen LogP contribution in [0.4, 0.5) is 5.69 Å². The van der Waals surface area contributed by atoms with Crippen molar-refractivity contribution in [1.82, 2.24) is 4.90 Å². The fourth-order valence-electron chi connectivity index (χ4n) is 3.70. The summed E-state index contributed by atoms with van der Waals surface area (Å²) in [7, 11) is 1.54. The fourth-order valence-corrected chi connectivity index (χ4v) is 3.70. The minimum atomic E-state index is -1.11. The number of nitrogens with zero attached hydrogens (tertiary/aromatic N) is 2. The second kappa shape index (κ2) is 11.3. The van der Waals surface area contributed by atoms with Gasteiger partial charge in [-0.1, -0.05) is 19.1 Å². The third-order valence-corrected chi connectivity index (χ3v) is 5.45. The number of anilines is 1. The first kappa shape index (κ1) is 24.8. The maximum Gasteiger partial charge on any atom is 0.303 e. The molecule has 1 fully saturated rings. The Kier molecular flexibility index (Phi) is 8.24. The maximum absolute atomic E-state index is 13.3. The van der Waals surface area contributed by atoms with E-state index in [2.05, 4.69) is 0 Å². The quantitative estimate of drug-likeness (QED) is 0.504. The highest BCUT2D eigenvalue weighted by molar-refractivity contribution is 6.23. The average Bonchev–Trinajstić information content (AvgIpc) is 3.13. The zero-order valence-electron chi connectivity index (χ0n) is 19.2. The van der Waals surface area contributed by atoms with Crippen LogP contribution in [0, 0.1) is 0 Å². The number of carboxylic acid groups (broad SMARTS) is 1. The van der Waals surface area contributed by atoms with Crippen LogP contribution < -0.4 is 14.4 Å². The highest BCUT2D eigenvalue weighted by atomic mass is 16.5. The van der Waals surface area contributed by atoms with Crippen molar-refractivity contribution in [3.05, 3.63) is 54.1 Å². The molecule has 9 nitrogen and oxygen atoms in total. The van der Waals surface area contributed by atoms with Gasteiger partial charge < -0.3 is 19.5 Å². The number of carbonyl (C=O) groups excluding carboxylic acids is 3. The Morgan fingerprint density at radius 3 is 2.26 bits per heavy atom. The number of imide groups is 1. The average molecular weight is 469 g/mol. The summed E-state index contributed by atoms with van der Waals surface area (Å²) in [5.41, 5.74) is 1.12. The van der Waals surface area contributed by atoms with Gasteiger partial charge in [-0.2, -0.15) is 0 Å². The topological polar surface area (TPSA) is 113 Å². The van der Waals surface area contributed by atoms with Crippen LogP contribution in [0.1, 0.15) is 38.2 Å². The molecular formula is C25H28N2O7. The summed E-state index contributed by atoms with van der Waals surface area (Å²) in [5.74, 6) is -1.30. The van der Waals surface area contributed by atoms with Crippen molar-refractivity contribution in [2.24, 2.45) is 0 Å². The molecule has 0 unspecified atom stereocenters. The summed E-state index contributed by atoms with van der Waals surface area (Å²) in [6.45, 7) is 2.61. The summed E-state index contributed by atoms with van der Waals surface area (Å²) < 4.78 is 10.7. The van der Waals surface area contributed by atoms with E-state index < -0.39 is 29.7 Å². The summed E-state index contributed by atoms with van der Waals surface area (Å²) in [6.07, 6.45) is 0.0387. The summed E-state index contributed by atoms with van der Waals surface area (Å²) in [5, 5.41) is 8.99. The number of amides is 3. The first-order chi connectivity index (χ1) is 16.3. The largest absolute Gasteiger partial charge is 0.497 e. The molecule has 34 heavy (non-hydrogen) atoms. The zero-order valence-corrected chi connectivity index (χ0v) is 19.2. The maximum atomic E-state index is 13.3. The Bertz CT molecular complexity index is 1030. The van der Waals surface area contributed by atoms with E-state index in [0.717, 1.165) is 16.9 Å². The van der Waals surface area contributed by atoms with Gasteiger partial charge in [0.15, 0.2) is 0 Å². The molecule has 180 valence electrons. The van der Waals surface area contributed by atoms with Crippen LogP contribution in [0.5, 0.6) is 11.5 Å². The molecule has 1 heterocycles. The minimum Gasteiger partial charge on any atom is -0.497 e. The van der Waals surface area contributed by atoms with E-state index in [-0.39, 0.29) is 25.8 Å². The lowest BCUT2D eigenvalue weighted by molar-refractivity contribution is -0.143. The molecule has 3 amide bonds. The lowest BCUT2D eigenvalue weighted by Gasteiger charge is -2.28. The van der Waals surface area contributed by atoms with Crippen molar-refractivity contribution in [1.29, 1.82) is 0 Å². The van der Waals surface area contributed by atoms with Gasteiger partial charge >= 0.3 is 5.97 Å². The molecule has 2 aromatic carbocycles. The number of carboxylic acids is 1. The molecule has 9 heteroatoms. The molecule has 1 aliphatic rings. The van der Waals surface area contributed by atoms with Gasteiger partial charge in [0.1, 0.15) is 17.5 Å². The van der Waals surface area contributed by atoms with Crippen LogP contribution in [0.2, 0.25) is 0 Å². The Hall–Kier alpha value is -3.88. The van der Waals surface area contributed by atoms with Crippen molar-refractivity contribution >= 4 is 29.4 Å². The molecule has 0 spiro atoms. The van der Waals surface area contributed by atoms with Crippen molar-refractivity contribution < 1.29 is 33.8 Å². The van der Waals surface area contributed by atoms with E-state index in [0.29, 0.717) is 23.8 Å². The smallest absolute Gasteiger partial charge is 0.303 e. The number of ether oxygens (including phenoxy) is 2. The molecule has 0 bridgehead atoms. The van der Waals surface area contributed by atoms with Crippen LogP contribution in [-0.2, 0) is 25.7 Å². The van der Waals surface area contributed by atoms with E-state index in [1.807, 2.05) is 6.92 Å². The van der Waals surface area contributed by atoms with Crippen LogP contribution in [-0.4, -0.2) is 53.5 Å². The van der Waals surface area contributed by atoms with Crippen LogP contribution in [0.25, 0.3) is 0 Å². The Morgan fingerprint density at radius 2 is 1.68 bits per heavy atom. The Morgan fingerprint density at radius 1 is 1.03 bits per heavy atom.